The van der Waals surface area contributed by atoms with Crippen LogP contribution in [-0.2, 0) is 0 Å². The molecule has 1 aliphatic carbocycles. The van der Waals surface area contributed by atoms with Crippen LogP contribution in [-0.4, -0.2) is 17.6 Å². The summed E-state index contributed by atoms with van der Waals surface area (Å²) in [7, 11) is 0. The number of benzene rings is 1. The molecule has 2 nitrogen and oxygen atoms in total. The van der Waals surface area contributed by atoms with Crippen molar-refractivity contribution in [3.8, 4) is 0 Å². The number of hydrogen-bond donors (Lipinski definition) is 0. The molecule has 0 N–H and O–H groups in total. The predicted molar refractivity (Wildman–Crippen MR) is 92.6 cm³/mol. The summed E-state index contributed by atoms with van der Waals surface area (Å²) >= 11 is 0. The Kier molecular flexibility index (Phi) is 2.95. The molecule has 1 saturated carbocycles. The summed E-state index contributed by atoms with van der Waals surface area (Å²) in [5.41, 5.74) is 4.40. The third-order valence-electron chi connectivity index (χ3n) is 5.31. The number of rotatable bonds is 2. The smallest absolute Gasteiger partial charge is 0.0955 e. The molecule has 2 aliphatic heterocycles. The lowest BCUT2D eigenvalue weighted by molar-refractivity contribution is 0.211. The van der Waals surface area contributed by atoms with Crippen molar-refractivity contribution in [1.29, 1.82) is 0 Å². The average Bonchev–Trinajstić information content (AvgIpc) is 3.07. The topological polar surface area (TPSA) is 6.48 Å². The van der Waals surface area contributed by atoms with Crippen molar-refractivity contribution in [3.63, 3.8) is 0 Å². The molecule has 116 valence electrons. The third kappa shape index (κ3) is 2.16. The van der Waals surface area contributed by atoms with Gasteiger partial charge in [0.25, 0.3) is 0 Å². The summed E-state index contributed by atoms with van der Waals surface area (Å²) in [6, 6.07) is 7.48. The van der Waals surface area contributed by atoms with Crippen LogP contribution >= 0.6 is 0 Å². The fourth-order valence-corrected chi connectivity index (χ4v) is 4.02. The summed E-state index contributed by atoms with van der Waals surface area (Å²) < 4.78 is 18.1. The highest BCUT2D eigenvalue weighted by Crippen LogP contribution is 2.40. The van der Waals surface area contributed by atoms with Gasteiger partial charge in [0.15, 0.2) is 0 Å². The Balaban J connectivity index is 1.72. The van der Waals surface area contributed by atoms with E-state index in [1.807, 2.05) is 23.1 Å². The fraction of sp³-hybridized carbons (Fsp3) is 0.500. The van der Waals surface area contributed by atoms with E-state index in [-0.39, 0.29) is 0 Å². The molecular weight excluding hydrogens is 268 g/mol. The number of fused-ring (bicyclic) bond motifs is 1. The van der Waals surface area contributed by atoms with E-state index >= 15 is 0 Å². The van der Waals surface area contributed by atoms with Gasteiger partial charge < -0.3 is 9.80 Å². The molecule has 0 radical (unpaired) electrons. The minimum atomic E-state index is -0.763. The first-order valence-corrected chi connectivity index (χ1v) is 8.50. The normalized spacial score (nSPS) is 33.3. The standard InChI is InChI=1S/C20H26N2/c1-15-8-6-7-11-18(15)21-14-22-19(16(21)2)12-13-20(22)17-9-4-3-5-10-17/h6-8,11-13,17,20H,3-5,9-10,14H2,1-2H3/i14D,20D. The minimum Gasteiger partial charge on any atom is -0.345 e. The van der Waals surface area contributed by atoms with Gasteiger partial charge >= 0.3 is 0 Å². The lowest BCUT2D eigenvalue weighted by Crippen LogP contribution is -2.38. The second kappa shape index (κ2) is 5.49. The van der Waals surface area contributed by atoms with Gasteiger partial charge in [0, 0.05) is 11.4 Å². The third-order valence-corrected chi connectivity index (χ3v) is 5.31. The van der Waals surface area contributed by atoms with Crippen molar-refractivity contribution in [2.75, 3.05) is 11.5 Å². The number of allylic oxidation sites excluding steroid dienone is 2. The summed E-state index contributed by atoms with van der Waals surface area (Å²) in [5, 5.41) is 0. The van der Waals surface area contributed by atoms with Crippen LogP contribution < -0.4 is 4.90 Å². The molecule has 2 heteroatoms. The molecule has 1 aromatic carbocycles. The molecule has 2 unspecified atom stereocenters. The van der Waals surface area contributed by atoms with Crippen molar-refractivity contribution in [1.82, 2.24) is 4.90 Å². The largest absolute Gasteiger partial charge is 0.345 e. The zero-order valence-corrected chi connectivity index (χ0v) is 13.5. The Hall–Kier alpha value is -1.70. The molecule has 3 aliphatic rings. The Morgan fingerprint density at radius 2 is 1.91 bits per heavy atom. The highest BCUT2D eigenvalue weighted by Gasteiger charge is 2.37. The second-order valence-electron chi connectivity index (χ2n) is 6.71. The first-order valence-electron chi connectivity index (χ1n) is 9.58. The van der Waals surface area contributed by atoms with E-state index in [2.05, 4.69) is 37.0 Å². The Labute approximate surface area is 136 Å². The van der Waals surface area contributed by atoms with Crippen LogP contribution in [0.3, 0.4) is 0 Å². The van der Waals surface area contributed by atoms with Crippen LogP contribution in [0.25, 0.3) is 0 Å². The lowest BCUT2D eigenvalue weighted by Gasteiger charge is -2.34. The van der Waals surface area contributed by atoms with Gasteiger partial charge in [-0.25, -0.2) is 0 Å². The van der Waals surface area contributed by atoms with Gasteiger partial charge in [-0.3, -0.25) is 0 Å². The summed E-state index contributed by atoms with van der Waals surface area (Å²) in [6.45, 7) is 3.62. The van der Waals surface area contributed by atoms with E-state index < -0.39 is 12.7 Å². The number of anilines is 1. The van der Waals surface area contributed by atoms with E-state index in [0.717, 1.165) is 29.9 Å². The maximum absolute atomic E-state index is 9.19. The Bertz CT molecular complexity index is 705. The first kappa shape index (κ1) is 11.8. The van der Waals surface area contributed by atoms with E-state index in [9.17, 15) is 1.37 Å². The van der Waals surface area contributed by atoms with E-state index in [4.69, 9.17) is 1.37 Å². The maximum atomic E-state index is 9.19. The predicted octanol–water partition coefficient (Wildman–Crippen LogP) is 4.82. The van der Waals surface area contributed by atoms with E-state index in [1.165, 1.54) is 24.8 Å². The van der Waals surface area contributed by atoms with Gasteiger partial charge in [-0.05, 0) is 50.3 Å². The minimum absolute atomic E-state index is 0.331. The fourth-order valence-electron chi connectivity index (χ4n) is 4.02. The van der Waals surface area contributed by atoms with E-state index in [1.54, 1.807) is 0 Å². The number of nitrogens with zero attached hydrogens (tertiary/aromatic N) is 2. The van der Waals surface area contributed by atoms with Crippen molar-refractivity contribution < 1.29 is 2.74 Å². The van der Waals surface area contributed by atoms with Crippen molar-refractivity contribution in [3.05, 3.63) is 53.4 Å². The summed E-state index contributed by atoms with van der Waals surface area (Å²) in [4.78, 5) is 4.12. The van der Waals surface area contributed by atoms with Gasteiger partial charge in [0.1, 0.15) is 0 Å². The Morgan fingerprint density at radius 3 is 2.68 bits per heavy atom. The van der Waals surface area contributed by atoms with Crippen molar-refractivity contribution >= 4 is 5.69 Å². The van der Waals surface area contributed by atoms with Crippen LogP contribution in [0.5, 0.6) is 0 Å². The lowest BCUT2D eigenvalue weighted by atomic mass is 9.84. The highest BCUT2D eigenvalue weighted by atomic mass is 15.4. The summed E-state index contributed by atoms with van der Waals surface area (Å²) in [5.74, 6) is 0.331. The van der Waals surface area contributed by atoms with Gasteiger partial charge in [-0.1, -0.05) is 43.5 Å². The van der Waals surface area contributed by atoms with Crippen LogP contribution in [0.1, 0.15) is 47.3 Å². The number of hydrogen-bond acceptors (Lipinski definition) is 2. The molecule has 2 heterocycles. The molecular formula is C20H26N2. The maximum Gasteiger partial charge on any atom is 0.0955 e. The molecule has 4 rings (SSSR count). The van der Waals surface area contributed by atoms with Gasteiger partial charge in [-0.15, -0.1) is 0 Å². The molecule has 1 fully saturated rings. The molecule has 22 heavy (non-hydrogen) atoms. The van der Waals surface area contributed by atoms with Crippen LogP contribution in [0, 0.1) is 12.8 Å². The molecule has 2 atom stereocenters. The molecule has 0 spiro atoms. The van der Waals surface area contributed by atoms with Crippen molar-refractivity contribution in [2.24, 2.45) is 5.92 Å². The summed E-state index contributed by atoms with van der Waals surface area (Å²) in [6.07, 6.45) is 10.1. The molecule has 1 aromatic rings. The van der Waals surface area contributed by atoms with Crippen LogP contribution in [0.4, 0.5) is 5.69 Å². The van der Waals surface area contributed by atoms with Crippen molar-refractivity contribution in [2.45, 2.75) is 52.0 Å². The molecule has 0 bridgehead atoms. The number of para-hydroxylation sites is 1. The van der Waals surface area contributed by atoms with Gasteiger partial charge in [0.2, 0.25) is 0 Å². The van der Waals surface area contributed by atoms with Gasteiger partial charge in [0.05, 0.1) is 21.1 Å². The average molecular weight is 296 g/mol. The zero-order chi connectivity index (χ0) is 16.9. The molecule has 0 aromatic heterocycles. The van der Waals surface area contributed by atoms with E-state index in [0.29, 0.717) is 5.92 Å². The monoisotopic (exact) mass is 296 g/mol. The first-order chi connectivity index (χ1) is 11.5. The second-order valence-corrected chi connectivity index (χ2v) is 6.71. The molecule has 0 amide bonds. The zero-order valence-electron chi connectivity index (χ0n) is 15.5. The SMILES string of the molecule is [2H]C1N(c2ccccc2C)C(C)=C2C=CC([2H])(C3CCCCC3)N21. The number of aryl methyl sites for hydroxylation is 1. The molecule has 0 saturated heterocycles. The highest BCUT2D eigenvalue weighted by molar-refractivity contribution is 5.61. The van der Waals surface area contributed by atoms with Gasteiger partial charge in [-0.2, -0.15) is 0 Å². The Morgan fingerprint density at radius 1 is 1.14 bits per heavy atom. The quantitative estimate of drug-likeness (QED) is 0.771. The van der Waals surface area contributed by atoms with Crippen LogP contribution in [0.15, 0.2) is 47.8 Å². The van der Waals surface area contributed by atoms with Crippen LogP contribution in [0.2, 0.25) is 0 Å².